The fraction of sp³-hybridized carbons (Fsp3) is 0.611. The number of nitrogens with zero attached hydrogens (tertiary/aromatic N) is 1. The van der Waals surface area contributed by atoms with Crippen LogP contribution >= 0.6 is 0 Å². The van der Waals surface area contributed by atoms with Crippen molar-refractivity contribution in [2.24, 2.45) is 5.92 Å². The standard InChI is InChI=1S/C18H24FNO4/c19-16-3-1-15(2-4-16)18(5-8-23-9-6-18)17(22)20-7-10-24-13-14(11-20)12-21/h1-4,14,21H,5-13H2. The minimum absolute atomic E-state index is 0.00353. The van der Waals surface area contributed by atoms with Crippen LogP contribution in [0.15, 0.2) is 24.3 Å². The lowest BCUT2D eigenvalue weighted by Crippen LogP contribution is -2.51. The number of hydrogen-bond donors (Lipinski definition) is 1. The van der Waals surface area contributed by atoms with E-state index in [-0.39, 0.29) is 24.2 Å². The molecule has 0 bridgehead atoms. The van der Waals surface area contributed by atoms with Gasteiger partial charge < -0.3 is 19.5 Å². The first-order valence-electron chi connectivity index (χ1n) is 8.47. The number of aliphatic hydroxyl groups is 1. The van der Waals surface area contributed by atoms with Crippen molar-refractivity contribution in [3.63, 3.8) is 0 Å². The molecule has 2 aliphatic heterocycles. The molecule has 0 radical (unpaired) electrons. The molecule has 0 aliphatic carbocycles. The van der Waals surface area contributed by atoms with Gasteiger partial charge in [-0.15, -0.1) is 0 Å². The zero-order valence-corrected chi connectivity index (χ0v) is 13.7. The first-order valence-corrected chi connectivity index (χ1v) is 8.47. The number of hydrogen-bond acceptors (Lipinski definition) is 4. The predicted octanol–water partition coefficient (Wildman–Crippen LogP) is 1.34. The van der Waals surface area contributed by atoms with Crippen LogP contribution in [0.3, 0.4) is 0 Å². The minimum Gasteiger partial charge on any atom is -0.396 e. The van der Waals surface area contributed by atoms with Gasteiger partial charge >= 0.3 is 0 Å². The van der Waals surface area contributed by atoms with E-state index in [2.05, 4.69) is 0 Å². The number of ether oxygens (including phenoxy) is 2. The Kier molecular flexibility index (Phi) is 5.48. The molecule has 2 fully saturated rings. The Morgan fingerprint density at radius 1 is 1.21 bits per heavy atom. The molecule has 132 valence electrons. The highest BCUT2D eigenvalue weighted by atomic mass is 19.1. The molecule has 0 spiro atoms. The van der Waals surface area contributed by atoms with E-state index in [1.165, 1.54) is 12.1 Å². The van der Waals surface area contributed by atoms with Crippen molar-refractivity contribution < 1.29 is 23.8 Å². The zero-order valence-electron chi connectivity index (χ0n) is 13.7. The fourth-order valence-corrected chi connectivity index (χ4v) is 3.59. The Labute approximate surface area is 141 Å². The summed E-state index contributed by atoms with van der Waals surface area (Å²) in [6, 6.07) is 6.22. The van der Waals surface area contributed by atoms with Crippen molar-refractivity contribution in [3.05, 3.63) is 35.6 Å². The molecule has 0 saturated carbocycles. The topological polar surface area (TPSA) is 59.0 Å². The molecule has 0 aromatic heterocycles. The van der Waals surface area contributed by atoms with Crippen LogP contribution in [0.4, 0.5) is 4.39 Å². The third-order valence-electron chi connectivity index (χ3n) is 5.04. The van der Waals surface area contributed by atoms with Crippen molar-refractivity contribution in [1.82, 2.24) is 4.90 Å². The summed E-state index contributed by atoms with van der Waals surface area (Å²) in [5, 5.41) is 9.46. The summed E-state index contributed by atoms with van der Waals surface area (Å²) >= 11 is 0. The van der Waals surface area contributed by atoms with Crippen LogP contribution in [0.2, 0.25) is 0 Å². The van der Waals surface area contributed by atoms with Gasteiger partial charge in [-0.1, -0.05) is 12.1 Å². The molecule has 1 aromatic carbocycles. The SMILES string of the molecule is O=C(N1CCOCC(CO)C1)C1(c2ccc(F)cc2)CCOCC1. The predicted molar refractivity (Wildman–Crippen MR) is 86.1 cm³/mol. The first kappa shape index (κ1) is 17.3. The highest BCUT2D eigenvalue weighted by Gasteiger charge is 2.44. The molecule has 5 nitrogen and oxygen atoms in total. The van der Waals surface area contributed by atoms with Crippen LogP contribution in [-0.4, -0.2) is 62.0 Å². The smallest absolute Gasteiger partial charge is 0.233 e. The van der Waals surface area contributed by atoms with Gasteiger partial charge in [-0.25, -0.2) is 4.39 Å². The number of benzene rings is 1. The summed E-state index contributed by atoms with van der Waals surface area (Å²) in [4.78, 5) is 15.2. The lowest BCUT2D eigenvalue weighted by molar-refractivity contribution is -0.142. The van der Waals surface area contributed by atoms with Crippen molar-refractivity contribution in [3.8, 4) is 0 Å². The largest absolute Gasteiger partial charge is 0.396 e. The van der Waals surface area contributed by atoms with Gasteiger partial charge in [-0.2, -0.15) is 0 Å². The van der Waals surface area contributed by atoms with Gasteiger partial charge in [-0.3, -0.25) is 4.79 Å². The minimum atomic E-state index is -0.684. The van der Waals surface area contributed by atoms with Gasteiger partial charge in [0.15, 0.2) is 0 Å². The molecule has 6 heteroatoms. The first-order chi connectivity index (χ1) is 11.7. The Morgan fingerprint density at radius 3 is 2.58 bits per heavy atom. The Morgan fingerprint density at radius 2 is 1.92 bits per heavy atom. The summed E-state index contributed by atoms with van der Waals surface area (Å²) in [7, 11) is 0. The molecule has 1 amide bonds. The monoisotopic (exact) mass is 337 g/mol. The van der Waals surface area contributed by atoms with Gasteiger partial charge in [0.05, 0.1) is 18.6 Å². The fourth-order valence-electron chi connectivity index (χ4n) is 3.59. The van der Waals surface area contributed by atoms with Gasteiger partial charge in [0.25, 0.3) is 0 Å². The quantitative estimate of drug-likeness (QED) is 0.904. The van der Waals surface area contributed by atoms with Crippen LogP contribution < -0.4 is 0 Å². The molecule has 1 N–H and O–H groups in total. The lowest BCUT2D eigenvalue weighted by Gasteiger charge is -2.40. The lowest BCUT2D eigenvalue weighted by atomic mass is 9.73. The second-order valence-corrected chi connectivity index (χ2v) is 6.58. The summed E-state index contributed by atoms with van der Waals surface area (Å²) in [6.07, 6.45) is 1.16. The Balaban J connectivity index is 1.90. The summed E-state index contributed by atoms with van der Waals surface area (Å²) in [5.74, 6) is -0.347. The van der Waals surface area contributed by atoms with Crippen molar-refractivity contribution in [2.45, 2.75) is 18.3 Å². The van der Waals surface area contributed by atoms with E-state index >= 15 is 0 Å². The maximum absolute atomic E-state index is 13.4. The van der Waals surface area contributed by atoms with E-state index in [1.54, 1.807) is 17.0 Å². The number of aliphatic hydroxyl groups excluding tert-OH is 1. The molecule has 1 unspecified atom stereocenters. The van der Waals surface area contributed by atoms with E-state index in [0.717, 1.165) is 5.56 Å². The maximum atomic E-state index is 13.4. The normalized spacial score (nSPS) is 24.4. The summed E-state index contributed by atoms with van der Waals surface area (Å²) < 4.78 is 24.3. The van der Waals surface area contributed by atoms with Gasteiger partial charge in [0.2, 0.25) is 5.91 Å². The number of rotatable bonds is 3. The van der Waals surface area contributed by atoms with Crippen molar-refractivity contribution in [2.75, 3.05) is 46.1 Å². The molecule has 1 atom stereocenters. The van der Waals surface area contributed by atoms with E-state index < -0.39 is 5.41 Å². The maximum Gasteiger partial charge on any atom is 0.233 e. The molecule has 2 saturated heterocycles. The Bertz CT molecular complexity index is 557. The summed E-state index contributed by atoms with van der Waals surface area (Å²) in [5.41, 5.74) is 0.152. The molecule has 24 heavy (non-hydrogen) atoms. The van der Waals surface area contributed by atoms with Crippen molar-refractivity contribution in [1.29, 1.82) is 0 Å². The highest BCUT2D eigenvalue weighted by molar-refractivity contribution is 5.88. The second kappa shape index (κ2) is 7.59. The number of carbonyl (C=O) groups excluding carboxylic acids is 1. The average molecular weight is 337 g/mol. The van der Waals surface area contributed by atoms with Crippen molar-refractivity contribution >= 4 is 5.91 Å². The van der Waals surface area contributed by atoms with Gasteiger partial charge in [-0.05, 0) is 30.5 Å². The molecule has 2 heterocycles. The van der Waals surface area contributed by atoms with Crippen LogP contribution in [-0.2, 0) is 19.7 Å². The number of carbonyl (C=O) groups is 1. The van der Waals surface area contributed by atoms with Gasteiger partial charge in [0, 0.05) is 38.8 Å². The Hall–Kier alpha value is -1.50. The van der Waals surface area contributed by atoms with Crippen LogP contribution in [0.1, 0.15) is 18.4 Å². The third kappa shape index (κ3) is 3.45. The van der Waals surface area contributed by atoms with E-state index in [0.29, 0.717) is 52.4 Å². The average Bonchev–Trinajstić information content (AvgIpc) is 2.88. The second-order valence-electron chi connectivity index (χ2n) is 6.58. The zero-order chi connectivity index (χ0) is 17.0. The van der Waals surface area contributed by atoms with Crippen LogP contribution in [0.5, 0.6) is 0 Å². The molecular formula is C18H24FNO4. The van der Waals surface area contributed by atoms with E-state index in [4.69, 9.17) is 9.47 Å². The molecular weight excluding hydrogens is 313 g/mol. The summed E-state index contributed by atoms with van der Waals surface area (Å²) in [6.45, 7) is 2.95. The highest BCUT2D eigenvalue weighted by Crippen LogP contribution is 2.37. The van der Waals surface area contributed by atoms with E-state index in [1.807, 2.05) is 0 Å². The number of amides is 1. The van der Waals surface area contributed by atoms with Crippen LogP contribution in [0.25, 0.3) is 0 Å². The molecule has 3 rings (SSSR count). The third-order valence-corrected chi connectivity index (χ3v) is 5.04. The molecule has 2 aliphatic rings. The van der Waals surface area contributed by atoms with Crippen LogP contribution in [0, 0.1) is 11.7 Å². The number of halogens is 1. The van der Waals surface area contributed by atoms with Gasteiger partial charge in [0.1, 0.15) is 5.82 Å². The van der Waals surface area contributed by atoms with E-state index in [9.17, 15) is 14.3 Å². The molecule has 1 aromatic rings.